The summed E-state index contributed by atoms with van der Waals surface area (Å²) >= 11 is 7.69. The molecule has 7 rings (SSSR count). The molecule has 3 aromatic rings. The van der Waals surface area contributed by atoms with Gasteiger partial charge in [0.1, 0.15) is 28.8 Å². The molecule has 2 fully saturated rings. The van der Waals surface area contributed by atoms with E-state index >= 15 is 0 Å². The van der Waals surface area contributed by atoms with Crippen LogP contribution in [0.4, 0.5) is 10.7 Å². The Labute approximate surface area is 356 Å². The number of piperazine rings is 1. The van der Waals surface area contributed by atoms with Crippen LogP contribution in [0.3, 0.4) is 0 Å². The number of aliphatic imine (C=N–C) groups is 1. The van der Waals surface area contributed by atoms with Gasteiger partial charge in [0.2, 0.25) is 29.5 Å². The normalized spacial score (nSPS) is 19.3. The van der Waals surface area contributed by atoms with Crippen molar-refractivity contribution in [3.8, 4) is 0 Å². The standard InChI is InChI=1S/C42H47ClN10O6S/c1-23-24(2)60-42-37(23)38(26-11-13-27(43)14-12-26)47-31(39(45)53(42)25(3)44)21-35(56)49-51-19-17-50(18-20-51)36(57)10-5-4-9-33(54)46-30-8-6-7-28-29(30)22-52(41(28)59)32-15-16-34(55)48-40(32)58/h6-8,11-14,31-32,44-45H,4-5,9-10,15-22H2,1-3H3,(H,46,54)(H,49,56)(H,48,55,58)/t31-,32?/m0/s1. The molecule has 4 aliphatic rings. The number of anilines is 2. The molecule has 0 aliphatic carbocycles. The van der Waals surface area contributed by atoms with Gasteiger partial charge >= 0.3 is 0 Å². The molecule has 5 N–H and O–H groups in total. The Morgan fingerprint density at radius 3 is 2.40 bits per heavy atom. The minimum absolute atomic E-state index is 0.0367. The van der Waals surface area contributed by atoms with Crippen molar-refractivity contribution in [1.29, 1.82) is 10.8 Å². The van der Waals surface area contributed by atoms with E-state index in [0.29, 0.717) is 66.6 Å². The number of amides is 6. The van der Waals surface area contributed by atoms with Crippen molar-refractivity contribution < 1.29 is 28.8 Å². The van der Waals surface area contributed by atoms with E-state index in [4.69, 9.17) is 27.4 Å². The Bertz CT molecular complexity index is 2320. The van der Waals surface area contributed by atoms with Crippen molar-refractivity contribution in [2.24, 2.45) is 4.99 Å². The second-order valence-electron chi connectivity index (χ2n) is 15.4. The van der Waals surface area contributed by atoms with Crippen LogP contribution >= 0.6 is 22.9 Å². The van der Waals surface area contributed by atoms with Gasteiger partial charge in [-0.1, -0.05) is 29.8 Å². The topological polar surface area (TPSA) is 212 Å². The second kappa shape index (κ2) is 17.8. The fourth-order valence-electron chi connectivity index (χ4n) is 7.99. The molecule has 18 heteroatoms. The molecular weight excluding hydrogens is 808 g/mol. The number of thiophene rings is 1. The molecule has 314 valence electrons. The minimum Gasteiger partial charge on any atom is -0.340 e. The molecule has 2 aromatic carbocycles. The first kappa shape index (κ1) is 42.3. The lowest BCUT2D eigenvalue weighted by Crippen LogP contribution is -2.55. The number of benzene rings is 2. The lowest BCUT2D eigenvalue weighted by Gasteiger charge is -2.35. The zero-order chi connectivity index (χ0) is 42.8. The van der Waals surface area contributed by atoms with Crippen molar-refractivity contribution in [2.45, 2.75) is 84.3 Å². The Balaban J connectivity index is 0.876. The van der Waals surface area contributed by atoms with E-state index in [9.17, 15) is 28.8 Å². The second-order valence-corrected chi connectivity index (χ2v) is 17.0. The molecule has 0 bridgehead atoms. The number of unbranched alkanes of at least 4 members (excludes halogenated alkanes) is 1. The monoisotopic (exact) mass is 854 g/mol. The summed E-state index contributed by atoms with van der Waals surface area (Å²) in [4.78, 5) is 87.5. The van der Waals surface area contributed by atoms with E-state index < -0.39 is 18.0 Å². The lowest BCUT2D eigenvalue weighted by molar-refractivity contribution is -0.137. The van der Waals surface area contributed by atoms with Crippen molar-refractivity contribution >= 4 is 86.5 Å². The van der Waals surface area contributed by atoms with Crippen LogP contribution in [0.5, 0.6) is 0 Å². The minimum atomic E-state index is -0.867. The highest BCUT2D eigenvalue weighted by Crippen LogP contribution is 2.40. The Morgan fingerprint density at radius 2 is 1.70 bits per heavy atom. The zero-order valence-corrected chi connectivity index (χ0v) is 35.2. The fraction of sp³-hybridized carbons (Fsp3) is 0.405. The van der Waals surface area contributed by atoms with Crippen LogP contribution in [0.1, 0.15) is 89.4 Å². The third kappa shape index (κ3) is 8.88. The number of imide groups is 1. The number of carbonyl (C=O) groups is 6. The third-order valence-electron chi connectivity index (χ3n) is 11.3. The molecular formula is C42H47ClN10O6S. The maximum Gasteiger partial charge on any atom is 0.255 e. The number of halogens is 1. The summed E-state index contributed by atoms with van der Waals surface area (Å²) in [7, 11) is 0. The summed E-state index contributed by atoms with van der Waals surface area (Å²) in [5.74, 6) is -1.61. The van der Waals surface area contributed by atoms with Gasteiger partial charge in [0.25, 0.3) is 5.91 Å². The van der Waals surface area contributed by atoms with Gasteiger partial charge in [0.15, 0.2) is 0 Å². The highest BCUT2D eigenvalue weighted by atomic mass is 35.5. The summed E-state index contributed by atoms with van der Waals surface area (Å²) in [5.41, 5.74) is 7.74. The van der Waals surface area contributed by atoms with Crippen LogP contribution in [0, 0.1) is 24.7 Å². The number of aryl methyl sites for hydroxylation is 1. The molecule has 0 saturated carbocycles. The lowest BCUT2D eigenvalue weighted by atomic mass is 9.99. The van der Waals surface area contributed by atoms with E-state index in [1.54, 1.807) is 52.1 Å². The summed E-state index contributed by atoms with van der Waals surface area (Å²) < 4.78 is 0. The first-order valence-electron chi connectivity index (χ1n) is 20.0. The summed E-state index contributed by atoms with van der Waals surface area (Å²) in [5, 5.41) is 26.0. The number of hydrazine groups is 1. The van der Waals surface area contributed by atoms with Crippen LogP contribution in [0.25, 0.3) is 0 Å². The Hall–Kier alpha value is -5.78. The number of carbonyl (C=O) groups excluding carboxylic acids is 6. The van der Waals surface area contributed by atoms with E-state index in [1.807, 2.05) is 26.0 Å². The number of amidine groups is 2. The van der Waals surface area contributed by atoms with Crippen LogP contribution in [-0.2, 0) is 30.5 Å². The quantitative estimate of drug-likeness (QED) is 0.0798. The first-order chi connectivity index (χ1) is 28.7. The van der Waals surface area contributed by atoms with Crippen molar-refractivity contribution in [3.63, 3.8) is 0 Å². The van der Waals surface area contributed by atoms with E-state index in [-0.39, 0.29) is 79.9 Å². The zero-order valence-electron chi connectivity index (χ0n) is 33.7. The summed E-state index contributed by atoms with van der Waals surface area (Å²) in [6.07, 6.45) is 1.70. The van der Waals surface area contributed by atoms with E-state index in [1.165, 1.54) is 16.2 Å². The van der Waals surface area contributed by atoms with Gasteiger partial charge in [-0.3, -0.25) is 60.2 Å². The van der Waals surface area contributed by atoms with Gasteiger partial charge in [0, 0.05) is 89.8 Å². The molecule has 16 nitrogen and oxygen atoms in total. The van der Waals surface area contributed by atoms with Crippen LogP contribution in [0.15, 0.2) is 47.5 Å². The maximum atomic E-state index is 13.5. The molecule has 1 aromatic heterocycles. The predicted molar refractivity (Wildman–Crippen MR) is 229 cm³/mol. The number of hydrogen-bond acceptors (Lipinski definition) is 11. The molecule has 1 unspecified atom stereocenters. The SMILES string of the molecule is CC(=N)N1C(=N)[C@H](CC(=O)NN2CCN(C(=O)CCCCC(=O)Nc3cccc4c3CN(C3CCC(=O)NC3=O)C4=O)CC2)N=C(c2ccc(Cl)cc2)c2c1sc(C)c2C. The van der Waals surface area contributed by atoms with Gasteiger partial charge in [-0.15, -0.1) is 11.3 Å². The molecule has 4 aliphatic heterocycles. The molecule has 2 saturated heterocycles. The van der Waals surface area contributed by atoms with Gasteiger partial charge in [0.05, 0.1) is 12.1 Å². The predicted octanol–water partition coefficient (Wildman–Crippen LogP) is 4.54. The summed E-state index contributed by atoms with van der Waals surface area (Å²) in [6, 6.07) is 10.7. The van der Waals surface area contributed by atoms with Crippen molar-refractivity contribution in [3.05, 3.63) is 80.2 Å². The van der Waals surface area contributed by atoms with Crippen LogP contribution < -0.4 is 21.0 Å². The number of nitrogens with one attached hydrogen (secondary N) is 5. The highest BCUT2D eigenvalue weighted by Gasteiger charge is 2.40. The van der Waals surface area contributed by atoms with Gasteiger partial charge in [-0.2, -0.15) is 0 Å². The molecule has 2 atom stereocenters. The number of fused-ring (bicyclic) bond motifs is 2. The Kier molecular flexibility index (Phi) is 12.6. The van der Waals surface area contributed by atoms with Gasteiger partial charge in [-0.25, -0.2) is 5.01 Å². The first-order valence-corrected chi connectivity index (χ1v) is 21.2. The largest absolute Gasteiger partial charge is 0.340 e. The van der Waals surface area contributed by atoms with E-state index in [2.05, 4.69) is 16.1 Å². The fourth-order valence-corrected chi connectivity index (χ4v) is 9.34. The molecule has 6 amide bonds. The molecule has 60 heavy (non-hydrogen) atoms. The number of rotatable bonds is 11. The molecule has 5 heterocycles. The summed E-state index contributed by atoms with van der Waals surface area (Å²) in [6.45, 7) is 7.40. The highest BCUT2D eigenvalue weighted by molar-refractivity contribution is 7.17. The average Bonchev–Trinajstić information content (AvgIpc) is 3.65. The van der Waals surface area contributed by atoms with Gasteiger partial charge < -0.3 is 15.1 Å². The molecule has 0 radical (unpaired) electrons. The third-order valence-corrected chi connectivity index (χ3v) is 12.7. The van der Waals surface area contributed by atoms with Crippen molar-refractivity contribution in [2.75, 3.05) is 36.4 Å². The van der Waals surface area contributed by atoms with Gasteiger partial charge in [-0.05, 0) is 69.9 Å². The van der Waals surface area contributed by atoms with Crippen molar-refractivity contribution in [1.82, 2.24) is 25.6 Å². The average molecular weight is 855 g/mol. The number of nitrogens with zero attached hydrogens (tertiary/aromatic N) is 5. The van der Waals surface area contributed by atoms with Crippen LogP contribution in [0.2, 0.25) is 5.02 Å². The Morgan fingerprint density at radius 1 is 0.983 bits per heavy atom. The van der Waals surface area contributed by atoms with E-state index in [0.717, 1.165) is 26.6 Å². The number of piperidine rings is 1. The smallest absolute Gasteiger partial charge is 0.255 e. The van der Waals surface area contributed by atoms with Crippen LogP contribution in [-0.4, -0.2) is 106 Å². The maximum absolute atomic E-state index is 13.5. The molecule has 0 spiro atoms. The number of hydrogen-bond donors (Lipinski definition) is 5.